The topological polar surface area (TPSA) is 257 Å². The molecule has 0 bridgehead atoms. The number of carbonyl (C=O) groups excluding carboxylic acids is 5. The number of alkyl halides is 1. The zero-order chi connectivity index (χ0) is 40.1. The van der Waals surface area contributed by atoms with Gasteiger partial charge in [-0.3, -0.25) is 28.8 Å². The van der Waals surface area contributed by atoms with Crippen molar-refractivity contribution in [3.8, 4) is 0 Å². The molecule has 0 aromatic rings. The van der Waals surface area contributed by atoms with Crippen molar-refractivity contribution in [3.05, 3.63) is 12.5 Å². The van der Waals surface area contributed by atoms with Gasteiger partial charge in [-0.2, -0.15) is 0 Å². The van der Waals surface area contributed by atoms with E-state index in [9.17, 15) is 38.7 Å². The minimum atomic E-state index is -1.20. The maximum Gasteiger partial charge on any atom is 0.326 e. The lowest BCUT2D eigenvalue weighted by Gasteiger charge is -2.14. The van der Waals surface area contributed by atoms with Crippen LogP contribution in [0.5, 0.6) is 0 Å². The van der Waals surface area contributed by atoms with E-state index in [-0.39, 0.29) is 114 Å². The lowest BCUT2D eigenvalue weighted by Crippen LogP contribution is -2.41. The predicted molar refractivity (Wildman–Crippen MR) is 200 cm³/mol. The van der Waals surface area contributed by atoms with Gasteiger partial charge in [0.1, 0.15) is 25.9 Å². The Morgan fingerprint density at radius 3 is 1.70 bits per heavy atom. The summed E-state index contributed by atoms with van der Waals surface area (Å²) in [5, 5.41) is 31.0. The monoisotopic (exact) mass is 837 g/mol. The number of ether oxygens (including phenoxy) is 4. The Morgan fingerprint density at radius 2 is 1.09 bits per heavy atom. The lowest BCUT2D eigenvalue weighted by molar-refractivity contribution is -0.142. The number of carboxylic acids is 2. The molecule has 0 fully saturated rings. The molecule has 0 aliphatic heterocycles. The molecule has 19 heteroatoms. The van der Waals surface area contributed by atoms with Crippen LogP contribution in [-0.4, -0.2) is 129 Å². The first-order valence-corrected chi connectivity index (χ1v) is 19.6. The second-order valence-electron chi connectivity index (χ2n) is 12.1. The van der Waals surface area contributed by atoms with Crippen LogP contribution in [-0.2, 0) is 52.5 Å². The fraction of sp³-hybridized carbons (Fsp3) is 0.743. The Hall–Kier alpha value is -3.81. The number of rotatable bonds is 37. The number of carbonyl (C=O) groups is 7. The normalized spacial score (nSPS) is 11.4. The van der Waals surface area contributed by atoms with Crippen LogP contribution >= 0.6 is 15.9 Å². The number of halogens is 1. The van der Waals surface area contributed by atoms with Gasteiger partial charge in [0.05, 0.1) is 38.0 Å². The third kappa shape index (κ3) is 35.2. The van der Waals surface area contributed by atoms with Gasteiger partial charge in [-0.05, 0) is 19.3 Å². The molecule has 5 amide bonds. The molecule has 0 radical (unpaired) electrons. The van der Waals surface area contributed by atoms with Crippen molar-refractivity contribution < 1.29 is 62.7 Å². The lowest BCUT2D eigenvalue weighted by atomic mass is 10.0. The summed E-state index contributed by atoms with van der Waals surface area (Å²) in [4.78, 5) is 80.9. The Kier molecular flexibility index (Phi) is 33.6. The predicted octanol–water partition coefficient (Wildman–Crippen LogP) is 1.50. The zero-order valence-electron chi connectivity index (χ0n) is 31.2. The van der Waals surface area contributed by atoms with Crippen molar-refractivity contribution in [2.75, 3.05) is 71.2 Å². The molecule has 0 aliphatic carbocycles. The maximum atomic E-state index is 12.2. The molecule has 0 aliphatic rings. The van der Waals surface area contributed by atoms with Crippen LogP contribution in [0.2, 0.25) is 0 Å². The first kappa shape index (κ1) is 50.2. The van der Waals surface area contributed by atoms with Crippen molar-refractivity contribution in [1.29, 1.82) is 0 Å². The van der Waals surface area contributed by atoms with Crippen LogP contribution in [0.15, 0.2) is 12.5 Å². The molecule has 0 heterocycles. The van der Waals surface area contributed by atoms with E-state index in [0.29, 0.717) is 13.0 Å². The minimum Gasteiger partial charge on any atom is -0.497 e. The Labute approximate surface area is 325 Å². The molecule has 0 spiro atoms. The van der Waals surface area contributed by atoms with Crippen molar-refractivity contribution in [1.82, 2.24) is 26.6 Å². The second kappa shape index (κ2) is 36.2. The van der Waals surface area contributed by atoms with Crippen LogP contribution < -0.4 is 26.6 Å². The van der Waals surface area contributed by atoms with Gasteiger partial charge >= 0.3 is 11.9 Å². The van der Waals surface area contributed by atoms with E-state index < -0.39 is 23.9 Å². The molecule has 0 aromatic carbocycles. The fourth-order valence-electron chi connectivity index (χ4n) is 4.57. The van der Waals surface area contributed by atoms with Crippen molar-refractivity contribution in [3.63, 3.8) is 0 Å². The molecular weight excluding hydrogens is 778 g/mol. The minimum absolute atomic E-state index is 0.0429. The highest BCUT2D eigenvalue weighted by atomic mass is 79.9. The van der Waals surface area contributed by atoms with Crippen LogP contribution in [0.1, 0.15) is 89.9 Å². The fourth-order valence-corrected chi connectivity index (χ4v) is 4.77. The van der Waals surface area contributed by atoms with E-state index in [0.717, 1.165) is 57.8 Å². The number of nitrogens with one attached hydrogen (secondary N) is 5. The van der Waals surface area contributed by atoms with Gasteiger partial charge in [0.15, 0.2) is 0 Å². The molecule has 0 rings (SSSR count). The number of hydrogen-bond donors (Lipinski definition) is 7. The largest absolute Gasteiger partial charge is 0.497 e. The Balaban J connectivity index is 3.72. The van der Waals surface area contributed by atoms with Gasteiger partial charge in [-0.1, -0.05) is 67.3 Å². The third-order valence-corrected chi connectivity index (χ3v) is 7.90. The van der Waals surface area contributed by atoms with Gasteiger partial charge in [-0.25, -0.2) is 4.79 Å². The van der Waals surface area contributed by atoms with Gasteiger partial charge in [0, 0.05) is 45.1 Å². The van der Waals surface area contributed by atoms with Gasteiger partial charge in [-0.15, -0.1) is 0 Å². The van der Waals surface area contributed by atoms with Crippen molar-refractivity contribution >= 4 is 57.4 Å². The average Bonchev–Trinajstić information content (AvgIpc) is 3.13. The molecule has 0 unspecified atom stereocenters. The van der Waals surface area contributed by atoms with E-state index in [1.807, 2.05) is 0 Å². The number of unbranched alkanes of at least 4 members (excludes halogenated alkanes) is 9. The van der Waals surface area contributed by atoms with Gasteiger partial charge < -0.3 is 55.7 Å². The van der Waals surface area contributed by atoms with E-state index in [2.05, 4.69) is 42.5 Å². The van der Waals surface area contributed by atoms with E-state index in [1.165, 1.54) is 12.5 Å². The quantitative estimate of drug-likeness (QED) is 0.0266. The smallest absolute Gasteiger partial charge is 0.326 e. The highest BCUT2D eigenvalue weighted by Gasteiger charge is 2.20. The summed E-state index contributed by atoms with van der Waals surface area (Å²) in [6, 6.07) is -1.16. The molecule has 18 nitrogen and oxygen atoms in total. The molecule has 7 N–H and O–H groups in total. The highest BCUT2D eigenvalue weighted by Crippen LogP contribution is 2.12. The molecule has 54 heavy (non-hydrogen) atoms. The SMILES string of the molecule is O=C(O)CCCCCCCCCCCCC(=O)N[C@@H](CCC(=O)NCCOCCOCC(=O)N/C=C/OCCOCC(=O)NCCNC(=O)CBr)C(=O)O. The van der Waals surface area contributed by atoms with Crippen molar-refractivity contribution in [2.45, 2.75) is 95.9 Å². The standard InChI is InChI=1S/C35H60BrN5O13/c36-25-31(44)37-15-16-38-32(45)26-53-23-22-52-20-18-40-33(46)27-54-24-21-51-19-17-39-29(42)14-13-28(35(49)50)41-30(43)11-9-7-5-3-1-2-4-6-8-10-12-34(47)48/h18,20,28H,1-17,19,21-27H2,(H,37,44)(H,38,45)(H,39,42)(H,40,46)(H,41,43)(H,47,48)(H,49,50)/b20-18+/t28-/m0/s1. The summed E-state index contributed by atoms with van der Waals surface area (Å²) in [5.41, 5.74) is 0. The first-order chi connectivity index (χ1) is 26.0. The Bertz CT molecular complexity index is 1110. The van der Waals surface area contributed by atoms with Gasteiger partial charge in [0.25, 0.3) is 0 Å². The summed E-state index contributed by atoms with van der Waals surface area (Å²) in [7, 11) is 0. The Morgan fingerprint density at radius 1 is 0.556 bits per heavy atom. The summed E-state index contributed by atoms with van der Waals surface area (Å²) in [5.74, 6) is -3.59. The molecular formula is C35H60BrN5O13. The van der Waals surface area contributed by atoms with Crippen molar-refractivity contribution in [2.24, 2.45) is 0 Å². The summed E-state index contributed by atoms with van der Waals surface area (Å²) in [6.45, 7) is 1.22. The summed E-state index contributed by atoms with van der Waals surface area (Å²) >= 11 is 3.02. The van der Waals surface area contributed by atoms with Crippen LogP contribution in [0.4, 0.5) is 0 Å². The molecule has 1 atom stereocenters. The van der Waals surface area contributed by atoms with Crippen LogP contribution in [0.25, 0.3) is 0 Å². The number of aliphatic carboxylic acids is 2. The van der Waals surface area contributed by atoms with Crippen LogP contribution in [0.3, 0.4) is 0 Å². The first-order valence-electron chi connectivity index (χ1n) is 18.4. The van der Waals surface area contributed by atoms with Gasteiger partial charge in [0.2, 0.25) is 29.5 Å². The van der Waals surface area contributed by atoms with E-state index in [1.54, 1.807) is 0 Å². The number of carboxylic acid groups (broad SMARTS) is 2. The molecule has 0 aromatic heterocycles. The number of hydrogen-bond acceptors (Lipinski definition) is 11. The molecule has 0 saturated heterocycles. The molecule has 310 valence electrons. The van der Waals surface area contributed by atoms with E-state index in [4.69, 9.17) is 24.1 Å². The second-order valence-corrected chi connectivity index (χ2v) is 12.6. The third-order valence-electron chi connectivity index (χ3n) is 7.39. The summed E-state index contributed by atoms with van der Waals surface area (Å²) < 4.78 is 20.9. The highest BCUT2D eigenvalue weighted by molar-refractivity contribution is 9.09. The molecule has 0 saturated carbocycles. The average molecular weight is 839 g/mol. The number of amides is 5. The zero-order valence-corrected chi connectivity index (χ0v) is 32.8. The van der Waals surface area contributed by atoms with E-state index >= 15 is 0 Å². The summed E-state index contributed by atoms with van der Waals surface area (Å²) in [6.07, 6.45) is 12.5. The van der Waals surface area contributed by atoms with Crippen LogP contribution in [0, 0.1) is 0 Å². The maximum absolute atomic E-state index is 12.2.